The Kier molecular flexibility index (Phi) is 3.70. The summed E-state index contributed by atoms with van der Waals surface area (Å²) in [5.74, 6) is 0. The standard InChI is InChI=1S/C9H12N2S/c10-9(12)7-11-6-8-4-2-1-3-5-8/h1-5,11H,6-7H2,(H2,10,12). The molecule has 0 fully saturated rings. The van der Waals surface area contributed by atoms with Gasteiger partial charge in [0.15, 0.2) is 0 Å². The highest BCUT2D eigenvalue weighted by molar-refractivity contribution is 7.80. The van der Waals surface area contributed by atoms with Gasteiger partial charge in [-0.25, -0.2) is 0 Å². The van der Waals surface area contributed by atoms with E-state index in [-0.39, 0.29) is 0 Å². The molecular formula is C9H12N2S. The number of rotatable bonds is 4. The third-order valence-electron chi connectivity index (χ3n) is 1.47. The van der Waals surface area contributed by atoms with Crippen molar-refractivity contribution < 1.29 is 0 Å². The van der Waals surface area contributed by atoms with Gasteiger partial charge in [0, 0.05) is 13.1 Å². The minimum absolute atomic E-state index is 0.505. The average Bonchev–Trinajstić information content (AvgIpc) is 2.05. The smallest absolute Gasteiger partial charge is 0.0867 e. The maximum Gasteiger partial charge on any atom is 0.0867 e. The van der Waals surface area contributed by atoms with Crippen LogP contribution in [0.4, 0.5) is 0 Å². The van der Waals surface area contributed by atoms with Gasteiger partial charge in [-0.2, -0.15) is 0 Å². The van der Waals surface area contributed by atoms with Crippen LogP contribution in [0.3, 0.4) is 0 Å². The number of nitrogens with one attached hydrogen (secondary N) is 1. The van der Waals surface area contributed by atoms with Crippen LogP contribution in [-0.4, -0.2) is 11.5 Å². The van der Waals surface area contributed by atoms with Crippen molar-refractivity contribution in [3.8, 4) is 0 Å². The number of benzene rings is 1. The fourth-order valence-corrected chi connectivity index (χ4v) is 1.03. The van der Waals surface area contributed by atoms with Crippen molar-refractivity contribution in [2.45, 2.75) is 6.54 Å². The first-order valence-electron chi connectivity index (χ1n) is 3.82. The van der Waals surface area contributed by atoms with Crippen molar-refractivity contribution in [2.75, 3.05) is 6.54 Å². The molecule has 0 bridgehead atoms. The lowest BCUT2D eigenvalue weighted by molar-refractivity contribution is 0.778. The fraction of sp³-hybridized carbons (Fsp3) is 0.222. The summed E-state index contributed by atoms with van der Waals surface area (Å²) in [4.78, 5) is 0.505. The molecule has 0 unspecified atom stereocenters. The van der Waals surface area contributed by atoms with Gasteiger partial charge in [0.05, 0.1) is 4.99 Å². The predicted octanol–water partition coefficient (Wildman–Crippen LogP) is 1.06. The van der Waals surface area contributed by atoms with Crippen LogP contribution in [-0.2, 0) is 6.54 Å². The Morgan fingerprint density at radius 3 is 2.58 bits per heavy atom. The van der Waals surface area contributed by atoms with E-state index in [4.69, 9.17) is 18.0 Å². The molecule has 2 nitrogen and oxygen atoms in total. The molecule has 0 radical (unpaired) electrons. The van der Waals surface area contributed by atoms with E-state index in [2.05, 4.69) is 17.4 Å². The van der Waals surface area contributed by atoms with Gasteiger partial charge in [-0.05, 0) is 5.56 Å². The van der Waals surface area contributed by atoms with E-state index in [1.54, 1.807) is 0 Å². The second-order valence-corrected chi connectivity index (χ2v) is 3.08. The molecule has 0 saturated heterocycles. The van der Waals surface area contributed by atoms with E-state index in [9.17, 15) is 0 Å². The molecule has 12 heavy (non-hydrogen) atoms. The van der Waals surface area contributed by atoms with Crippen LogP contribution in [0.25, 0.3) is 0 Å². The topological polar surface area (TPSA) is 38.0 Å². The zero-order chi connectivity index (χ0) is 8.81. The number of thiocarbonyl (C=S) groups is 1. The maximum absolute atomic E-state index is 5.33. The molecule has 0 saturated carbocycles. The van der Waals surface area contributed by atoms with Crippen LogP contribution in [0, 0.1) is 0 Å². The Balaban J connectivity index is 2.29. The number of nitrogens with two attached hydrogens (primary N) is 1. The normalized spacial score (nSPS) is 9.67. The molecular weight excluding hydrogens is 168 g/mol. The zero-order valence-corrected chi connectivity index (χ0v) is 7.60. The predicted molar refractivity (Wildman–Crippen MR) is 54.9 cm³/mol. The SMILES string of the molecule is NC(=S)CNCc1ccccc1. The summed E-state index contributed by atoms with van der Waals surface area (Å²) in [7, 11) is 0. The Morgan fingerprint density at radius 1 is 1.33 bits per heavy atom. The Labute approximate surface area is 77.8 Å². The average molecular weight is 180 g/mol. The molecule has 0 aliphatic heterocycles. The van der Waals surface area contributed by atoms with Crippen LogP contribution >= 0.6 is 12.2 Å². The summed E-state index contributed by atoms with van der Waals surface area (Å²) >= 11 is 4.73. The van der Waals surface area contributed by atoms with E-state index in [1.165, 1.54) is 5.56 Å². The highest BCUT2D eigenvalue weighted by atomic mass is 32.1. The summed E-state index contributed by atoms with van der Waals surface area (Å²) in [6.07, 6.45) is 0. The third kappa shape index (κ3) is 3.46. The summed E-state index contributed by atoms with van der Waals surface area (Å²) < 4.78 is 0. The first kappa shape index (κ1) is 9.16. The summed E-state index contributed by atoms with van der Waals surface area (Å²) in [5, 5.41) is 3.13. The number of hydrogen-bond donors (Lipinski definition) is 2. The van der Waals surface area contributed by atoms with Crippen molar-refractivity contribution in [3.05, 3.63) is 35.9 Å². The van der Waals surface area contributed by atoms with Crippen molar-refractivity contribution in [1.82, 2.24) is 5.32 Å². The molecule has 0 aliphatic rings. The first-order chi connectivity index (χ1) is 5.79. The van der Waals surface area contributed by atoms with E-state index in [1.807, 2.05) is 18.2 Å². The molecule has 1 aromatic rings. The molecule has 3 heteroatoms. The van der Waals surface area contributed by atoms with Crippen molar-refractivity contribution in [1.29, 1.82) is 0 Å². The summed E-state index contributed by atoms with van der Waals surface area (Å²) in [6, 6.07) is 10.1. The second-order valence-electron chi connectivity index (χ2n) is 2.56. The maximum atomic E-state index is 5.33. The van der Waals surface area contributed by atoms with Crippen molar-refractivity contribution in [2.24, 2.45) is 5.73 Å². The Bertz CT molecular complexity index is 246. The molecule has 64 valence electrons. The van der Waals surface area contributed by atoms with Crippen LogP contribution in [0.2, 0.25) is 0 Å². The molecule has 0 amide bonds. The molecule has 3 N–H and O–H groups in total. The lowest BCUT2D eigenvalue weighted by atomic mass is 10.2. The van der Waals surface area contributed by atoms with Gasteiger partial charge >= 0.3 is 0 Å². The van der Waals surface area contributed by atoms with Gasteiger partial charge in [0.25, 0.3) is 0 Å². The van der Waals surface area contributed by atoms with E-state index in [0.717, 1.165) is 6.54 Å². The quantitative estimate of drug-likeness (QED) is 0.680. The zero-order valence-electron chi connectivity index (χ0n) is 6.79. The molecule has 0 atom stereocenters. The van der Waals surface area contributed by atoms with Crippen LogP contribution in [0.15, 0.2) is 30.3 Å². The fourth-order valence-electron chi connectivity index (χ4n) is 0.926. The lowest BCUT2D eigenvalue weighted by Crippen LogP contribution is -2.26. The molecule has 1 rings (SSSR count). The van der Waals surface area contributed by atoms with Gasteiger partial charge in [0.2, 0.25) is 0 Å². The highest BCUT2D eigenvalue weighted by Crippen LogP contribution is 1.96. The van der Waals surface area contributed by atoms with E-state index < -0.39 is 0 Å². The summed E-state index contributed by atoms with van der Waals surface area (Å²) in [5.41, 5.74) is 6.57. The van der Waals surface area contributed by atoms with Gasteiger partial charge in [-0.15, -0.1) is 0 Å². The van der Waals surface area contributed by atoms with Gasteiger partial charge in [-0.1, -0.05) is 42.5 Å². The molecule has 0 heterocycles. The van der Waals surface area contributed by atoms with Gasteiger partial charge < -0.3 is 11.1 Å². The van der Waals surface area contributed by atoms with Crippen LogP contribution < -0.4 is 11.1 Å². The third-order valence-corrected chi connectivity index (χ3v) is 1.62. The van der Waals surface area contributed by atoms with E-state index >= 15 is 0 Å². The Morgan fingerprint density at radius 2 is 2.00 bits per heavy atom. The highest BCUT2D eigenvalue weighted by Gasteiger charge is 1.90. The molecule has 1 aromatic carbocycles. The summed E-state index contributed by atoms with van der Waals surface area (Å²) in [6.45, 7) is 1.42. The first-order valence-corrected chi connectivity index (χ1v) is 4.23. The van der Waals surface area contributed by atoms with Crippen LogP contribution in [0.1, 0.15) is 5.56 Å². The largest absolute Gasteiger partial charge is 0.392 e. The lowest BCUT2D eigenvalue weighted by Gasteiger charge is -2.02. The minimum Gasteiger partial charge on any atom is -0.392 e. The van der Waals surface area contributed by atoms with Gasteiger partial charge in [-0.3, -0.25) is 0 Å². The molecule has 0 aromatic heterocycles. The minimum atomic E-state index is 0.505. The molecule has 0 aliphatic carbocycles. The van der Waals surface area contributed by atoms with Crippen molar-refractivity contribution in [3.63, 3.8) is 0 Å². The van der Waals surface area contributed by atoms with Crippen molar-refractivity contribution >= 4 is 17.2 Å². The molecule has 0 spiro atoms. The van der Waals surface area contributed by atoms with Crippen LogP contribution in [0.5, 0.6) is 0 Å². The monoisotopic (exact) mass is 180 g/mol. The number of hydrogen-bond acceptors (Lipinski definition) is 2. The van der Waals surface area contributed by atoms with E-state index in [0.29, 0.717) is 11.5 Å². The second kappa shape index (κ2) is 4.85. The Hall–Kier alpha value is -0.930. The van der Waals surface area contributed by atoms with Gasteiger partial charge in [0.1, 0.15) is 0 Å².